The molecule has 116 valence electrons. The Hall–Kier alpha value is -2.28. The van der Waals surface area contributed by atoms with E-state index in [-0.39, 0.29) is 6.42 Å². The molecule has 0 aliphatic heterocycles. The zero-order chi connectivity index (χ0) is 15.9. The van der Waals surface area contributed by atoms with E-state index in [0.29, 0.717) is 22.4 Å². The van der Waals surface area contributed by atoms with E-state index in [1.165, 1.54) is 11.8 Å². The van der Waals surface area contributed by atoms with Gasteiger partial charge in [0, 0.05) is 23.7 Å². The second kappa shape index (κ2) is 7.65. The fourth-order valence-electron chi connectivity index (χ4n) is 1.79. The number of thioether (sulfide) groups is 1. The van der Waals surface area contributed by atoms with E-state index in [4.69, 9.17) is 14.6 Å². The minimum absolute atomic E-state index is 0.0887. The van der Waals surface area contributed by atoms with Crippen molar-refractivity contribution in [1.82, 2.24) is 9.97 Å². The molecule has 2 rings (SSSR count). The Morgan fingerprint density at radius 1 is 1.14 bits per heavy atom. The number of benzene rings is 1. The van der Waals surface area contributed by atoms with Crippen molar-refractivity contribution in [2.24, 2.45) is 0 Å². The van der Waals surface area contributed by atoms with Crippen LogP contribution in [0, 0.1) is 0 Å². The summed E-state index contributed by atoms with van der Waals surface area (Å²) >= 11 is 1.32. The average Bonchev–Trinajstić information content (AvgIpc) is 2.54. The Labute approximate surface area is 132 Å². The lowest BCUT2D eigenvalue weighted by atomic mass is 10.1. The molecular formula is C15H16N2O4S. The molecule has 0 fully saturated rings. The zero-order valence-corrected chi connectivity index (χ0v) is 13.1. The van der Waals surface area contributed by atoms with Crippen LogP contribution in [0.25, 0.3) is 11.1 Å². The number of carboxylic acids is 1. The molecular weight excluding hydrogens is 304 g/mol. The molecule has 22 heavy (non-hydrogen) atoms. The molecule has 0 unspecified atom stereocenters. The molecule has 0 aliphatic carbocycles. The second-order valence-corrected chi connectivity index (χ2v) is 5.38. The largest absolute Gasteiger partial charge is 0.493 e. The number of aliphatic carboxylic acids is 1. The maximum absolute atomic E-state index is 10.5. The van der Waals surface area contributed by atoms with Crippen LogP contribution in [0.4, 0.5) is 0 Å². The highest BCUT2D eigenvalue weighted by molar-refractivity contribution is 7.99. The van der Waals surface area contributed by atoms with Gasteiger partial charge in [-0.05, 0) is 17.7 Å². The van der Waals surface area contributed by atoms with Crippen molar-refractivity contribution in [3.8, 4) is 22.6 Å². The van der Waals surface area contributed by atoms with Gasteiger partial charge in [0.1, 0.15) is 0 Å². The van der Waals surface area contributed by atoms with Gasteiger partial charge in [-0.3, -0.25) is 4.79 Å². The third-order valence-electron chi connectivity index (χ3n) is 2.89. The fourth-order valence-corrected chi connectivity index (χ4v) is 2.50. The van der Waals surface area contributed by atoms with Crippen molar-refractivity contribution in [3.63, 3.8) is 0 Å². The third-order valence-corrected chi connectivity index (χ3v) is 3.77. The van der Waals surface area contributed by atoms with Crippen LogP contribution in [0.5, 0.6) is 11.5 Å². The first-order valence-corrected chi connectivity index (χ1v) is 7.51. The number of ether oxygens (including phenoxy) is 2. The summed E-state index contributed by atoms with van der Waals surface area (Å²) in [6.07, 6.45) is 3.50. The molecule has 1 heterocycles. The standard InChI is InChI=1S/C15H16N2O4S/c1-20-12-4-3-10(7-13(12)21-2)11-8-16-15(17-9-11)22-6-5-14(18)19/h3-4,7-9H,5-6H2,1-2H3,(H,18,19). The molecule has 1 N–H and O–H groups in total. The normalized spacial score (nSPS) is 10.3. The van der Waals surface area contributed by atoms with Gasteiger partial charge < -0.3 is 14.6 Å². The van der Waals surface area contributed by atoms with Gasteiger partial charge in [0.25, 0.3) is 0 Å². The molecule has 0 atom stereocenters. The van der Waals surface area contributed by atoms with E-state index in [1.54, 1.807) is 26.6 Å². The third kappa shape index (κ3) is 4.11. The summed E-state index contributed by atoms with van der Waals surface area (Å²) in [5, 5.41) is 9.16. The van der Waals surface area contributed by atoms with Crippen molar-refractivity contribution >= 4 is 17.7 Å². The predicted molar refractivity (Wildman–Crippen MR) is 83.5 cm³/mol. The Morgan fingerprint density at radius 2 is 1.82 bits per heavy atom. The minimum Gasteiger partial charge on any atom is -0.493 e. The number of hydrogen-bond acceptors (Lipinski definition) is 6. The van der Waals surface area contributed by atoms with Crippen LogP contribution in [-0.4, -0.2) is 41.0 Å². The molecule has 0 aliphatic rings. The average molecular weight is 320 g/mol. The topological polar surface area (TPSA) is 81.5 Å². The summed E-state index contributed by atoms with van der Waals surface area (Å²) in [6, 6.07) is 5.58. The van der Waals surface area contributed by atoms with Crippen molar-refractivity contribution in [1.29, 1.82) is 0 Å². The van der Waals surface area contributed by atoms with Gasteiger partial charge in [0.05, 0.1) is 20.6 Å². The number of hydrogen-bond donors (Lipinski definition) is 1. The first-order chi connectivity index (χ1) is 10.6. The lowest BCUT2D eigenvalue weighted by molar-refractivity contribution is -0.136. The molecule has 0 spiro atoms. The van der Waals surface area contributed by atoms with Crippen molar-refractivity contribution in [3.05, 3.63) is 30.6 Å². The smallest absolute Gasteiger partial charge is 0.304 e. The molecule has 0 bridgehead atoms. The number of aromatic nitrogens is 2. The van der Waals surface area contributed by atoms with E-state index in [9.17, 15) is 4.79 Å². The Balaban J connectivity index is 2.11. The monoisotopic (exact) mass is 320 g/mol. The Morgan fingerprint density at radius 3 is 2.41 bits per heavy atom. The number of carbonyl (C=O) groups is 1. The van der Waals surface area contributed by atoms with Crippen molar-refractivity contribution in [2.45, 2.75) is 11.6 Å². The van der Waals surface area contributed by atoms with Crippen molar-refractivity contribution in [2.75, 3.05) is 20.0 Å². The Bertz CT molecular complexity index is 646. The van der Waals surface area contributed by atoms with Crippen LogP contribution in [0.15, 0.2) is 35.7 Å². The van der Waals surface area contributed by atoms with Crippen molar-refractivity contribution < 1.29 is 19.4 Å². The molecule has 2 aromatic rings. The highest BCUT2D eigenvalue weighted by Gasteiger charge is 2.07. The van der Waals surface area contributed by atoms with Gasteiger partial charge >= 0.3 is 5.97 Å². The van der Waals surface area contributed by atoms with Gasteiger partial charge in [0.2, 0.25) is 0 Å². The number of nitrogens with zero attached hydrogens (tertiary/aromatic N) is 2. The quantitative estimate of drug-likeness (QED) is 0.620. The van der Waals surface area contributed by atoms with E-state index >= 15 is 0 Å². The number of carboxylic acid groups (broad SMARTS) is 1. The van der Waals surface area contributed by atoms with Crippen LogP contribution < -0.4 is 9.47 Å². The molecule has 7 heteroatoms. The van der Waals surface area contributed by atoms with Crippen LogP contribution in [0.3, 0.4) is 0 Å². The molecule has 0 saturated carbocycles. The SMILES string of the molecule is COc1ccc(-c2cnc(SCCC(=O)O)nc2)cc1OC. The summed E-state index contributed by atoms with van der Waals surface area (Å²) in [5.74, 6) is 0.924. The highest BCUT2D eigenvalue weighted by atomic mass is 32.2. The van der Waals surface area contributed by atoms with Crippen LogP contribution >= 0.6 is 11.8 Å². The summed E-state index contributed by atoms with van der Waals surface area (Å²) in [7, 11) is 3.17. The van der Waals surface area contributed by atoms with Crippen LogP contribution in [0.1, 0.15) is 6.42 Å². The van der Waals surface area contributed by atoms with E-state index in [2.05, 4.69) is 9.97 Å². The zero-order valence-electron chi connectivity index (χ0n) is 12.3. The summed E-state index contributed by atoms with van der Waals surface area (Å²) in [6.45, 7) is 0. The Kier molecular flexibility index (Phi) is 5.60. The van der Waals surface area contributed by atoms with Gasteiger partial charge in [-0.1, -0.05) is 17.8 Å². The van der Waals surface area contributed by atoms with Gasteiger partial charge in [-0.25, -0.2) is 9.97 Å². The van der Waals surface area contributed by atoms with Gasteiger partial charge in [0.15, 0.2) is 16.7 Å². The minimum atomic E-state index is -0.825. The molecule has 6 nitrogen and oxygen atoms in total. The first kappa shape index (κ1) is 16.1. The molecule has 1 aromatic carbocycles. The second-order valence-electron chi connectivity index (χ2n) is 4.32. The lowest BCUT2D eigenvalue weighted by Gasteiger charge is -2.09. The fraction of sp³-hybridized carbons (Fsp3) is 0.267. The highest BCUT2D eigenvalue weighted by Crippen LogP contribution is 2.32. The van der Waals surface area contributed by atoms with Crippen LogP contribution in [-0.2, 0) is 4.79 Å². The maximum Gasteiger partial charge on any atom is 0.304 e. The first-order valence-electron chi connectivity index (χ1n) is 6.53. The lowest BCUT2D eigenvalue weighted by Crippen LogP contribution is -1.97. The maximum atomic E-state index is 10.5. The molecule has 0 saturated heterocycles. The molecule has 1 aromatic heterocycles. The predicted octanol–water partition coefficient (Wildman–Crippen LogP) is 2.73. The van der Waals surface area contributed by atoms with Gasteiger partial charge in [-0.2, -0.15) is 0 Å². The number of rotatable bonds is 7. The summed E-state index contributed by atoms with van der Waals surface area (Å²) < 4.78 is 10.5. The van der Waals surface area contributed by atoms with E-state index < -0.39 is 5.97 Å². The molecule has 0 radical (unpaired) electrons. The van der Waals surface area contributed by atoms with E-state index in [0.717, 1.165) is 11.1 Å². The van der Waals surface area contributed by atoms with E-state index in [1.807, 2.05) is 18.2 Å². The van der Waals surface area contributed by atoms with Crippen LogP contribution in [0.2, 0.25) is 0 Å². The summed E-state index contributed by atoms with van der Waals surface area (Å²) in [4.78, 5) is 18.9. The summed E-state index contributed by atoms with van der Waals surface area (Å²) in [5.41, 5.74) is 1.77. The van der Waals surface area contributed by atoms with Gasteiger partial charge in [-0.15, -0.1) is 0 Å². The number of methoxy groups -OCH3 is 2. The molecule has 0 amide bonds.